The van der Waals surface area contributed by atoms with E-state index >= 15 is 0 Å². The molecule has 2 aliphatic rings. The van der Waals surface area contributed by atoms with Crippen LogP contribution in [0.25, 0.3) is 0 Å². The molecule has 0 spiro atoms. The molecule has 4 nitrogen and oxygen atoms in total. The lowest BCUT2D eigenvalue weighted by Gasteiger charge is -2.25. The van der Waals surface area contributed by atoms with E-state index in [1.54, 1.807) is 0 Å². The van der Waals surface area contributed by atoms with Gasteiger partial charge in [-0.1, -0.05) is 0 Å². The van der Waals surface area contributed by atoms with Crippen molar-refractivity contribution >= 4 is 6.29 Å². The second kappa shape index (κ2) is 3.63. The Kier molecular flexibility index (Phi) is 2.24. The highest BCUT2D eigenvalue weighted by Crippen LogP contribution is 2.38. The molecule has 0 amide bonds. The van der Waals surface area contributed by atoms with E-state index in [1.807, 2.05) is 0 Å². The molecule has 0 bridgehead atoms. The second-order valence-electron chi connectivity index (χ2n) is 4.77. The summed E-state index contributed by atoms with van der Waals surface area (Å²) in [7, 11) is 2.06. The van der Waals surface area contributed by atoms with Crippen molar-refractivity contribution in [2.75, 3.05) is 13.6 Å². The lowest BCUT2D eigenvalue weighted by Crippen LogP contribution is -2.29. The van der Waals surface area contributed by atoms with Crippen molar-refractivity contribution in [3.05, 3.63) is 22.8 Å². The smallest absolute Gasteiger partial charge is 0.168 e. The van der Waals surface area contributed by atoms with E-state index in [0.717, 1.165) is 42.9 Å². The van der Waals surface area contributed by atoms with Crippen molar-refractivity contribution in [2.45, 2.75) is 31.7 Å². The maximum Gasteiger partial charge on any atom is 0.168 e. The number of hydrogen-bond donors (Lipinski definition) is 0. The number of aromatic nitrogens is 2. The molecule has 1 aromatic heterocycles. The molecule has 16 heavy (non-hydrogen) atoms. The van der Waals surface area contributed by atoms with Crippen molar-refractivity contribution in [1.82, 2.24) is 14.9 Å². The van der Waals surface area contributed by atoms with Crippen LogP contribution in [0.3, 0.4) is 0 Å². The van der Waals surface area contributed by atoms with Crippen molar-refractivity contribution in [3.8, 4) is 0 Å². The molecule has 0 radical (unpaired) electrons. The Morgan fingerprint density at radius 1 is 1.38 bits per heavy atom. The molecule has 0 atom stereocenters. The Bertz CT molecular complexity index is 440. The van der Waals surface area contributed by atoms with Crippen molar-refractivity contribution < 1.29 is 4.79 Å². The lowest BCUT2D eigenvalue weighted by atomic mass is 10.0. The van der Waals surface area contributed by atoms with Crippen LogP contribution in [0.1, 0.15) is 46.3 Å². The molecule has 0 unspecified atom stereocenters. The largest absolute Gasteiger partial charge is 0.302 e. The van der Waals surface area contributed by atoms with Gasteiger partial charge in [0, 0.05) is 31.0 Å². The normalized spacial score (nSPS) is 20.6. The van der Waals surface area contributed by atoms with Crippen LogP contribution >= 0.6 is 0 Å². The minimum absolute atomic E-state index is 0.517. The van der Waals surface area contributed by atoms with E-state index in [0.29, 0.717) is 11.6 Å². The van der Waals surface area contributed by atoms with Gasteiger partial charge in [0.05, 0.1) is 5.69 Å². The first kappa shape index (κ1) is 9.90. The summed E-state index contributed by atoms with van der Waals surface area (Å²) in [6.45, 7) is 1.82. The van der Waals surface area contributed by atoms with Gasteiger partial charge in [-0.2, -0.15) is 0 Å². The van der Waals surface area contributed by atoms with Crippen LogP contribution in [0.2, 0.25) is 0 Å². The monoisotopic (exact) mass is 217 g/mol. The number of nitrogens with zero attached hydrogens (tertiary/aromatic N) is 3. The standard InChI is InChI=1S/C12H15N3O/c1-15-5-4-10-9(6-15)11(7-16)14-12(13-10)8-2-3-8/h7-8H,2-6H2,1H3. The Balaban J connectivity index is 2.07. The van der Waals surface area contributed by atoms with Crippen LogP contribution in [-0.4, -0.2) is 34.7 Å². The fourth-order valence-corrected chi connectivity index (χ4v) is 2.22. The topological polar surface area (TPSA) is 46.1 Å². The maximum absolute atomic E-state index is 11.1. The molecule has 1 saturated carbocycles. The average molecular weight is 217 g/mol. The summed E-state index contributed by atoms with van der Waals surface area (Å²) >= 11 is 0. The average Bonchev–Trinajstić information content (AvgIpc) is 3.11. The van der Waals surface area contributed by atoms with Gasteiger partial charge in [-0.3, -0.25) is 4.79 Å². The van der Waals surface area contributed by atoms with E-state index < -0.39 is 0 Å². The zero-order valence-corrected chi connectivity index (χ0v) is 9.44. The SMILES string of the molecule is CN1CCc2nc(C3CC3)nc(C=O)c2C1. The first-order valence-corrected chi connectivity index (χ1v) is 5.81. The summed E-state index contributed by atoms with van der Waals surface area (Å²) in [6, 6.07) is 0. The molecule has 2 heterocycles. The van der Waals surface area contributed by atoms with Crippen molar-refractivity contribution in [1.29, 1.82) is 0 Å². The van der Waals surface area contributed by atoms with Gasteiger partial charge in [0.15, 0.2) is 6.29 Å². The van der Waals surface area contributed by atoms with E-state index in [-0.39, 0.29) is 0 Å². The van der Waals surface area contributed by atoms with Crippen LogP contribution in [0.15, 0.2) is 0 Å². The maximum atomic E-state index is 11.1. The third kappa shape index (κ3) is 1.63. The van der Waals surface area contributed by atoms with Gasteiger partial charge in [0.25, 0.3) is 0 Å². The molecule has 0 N–H and O–H groups in total. The molecule has 1 aromatic rings. The van der Waals surface area contributed by atoms with Gasteiger partial charge in [-0.25, -0.2) is 9.97 Å². The Morgan fingerprint density at radius 3 is 2.88 bits per heavy atom. The number of aldehydes is 1. The van der Waals surface area contributed by atoms with Crippen LogP contribution in [0.4, 0.5) is 0 Å². The van der Waals surface area contributed by atoms with E-state index in [4.69, 9.17) is 0 Å². The fourth-order valence-electron chi connectivity index (χ4n) is 2.22. The Labute approximate surface area is 94.7 Å². The molecular weight excluding hydrogens is 202 g/mol. The zero-order valence-electron chi connectivity index (χ0n) is 9.44. The summed E-state index contributed by atoms with van der Waals surface area (Å²) in [6.07, 6.45) is 4.18. The van der Waals surface area contributed by atoms with Gasteiger partial charge >= 0.3 is 0 Å². The van der Waals surface area contributed by atoms with Crippen molar-refractivity contribution in [3.63, 3.8) is 0 Å². The highest BCUT2D eigenvalue weighted by molar-refractivity contribution is 5.74. The minimum Gasteiger partial charge on any atom is -0.302 e. The van der Waals surface area contributed by atoms with E-state index in [1.165, 1.54) is 12.8 Å². The molecular formula is C12H15N3O. The molecule has 1 aliphatic heterocycles. The van der Waals surface area contributed by atoms with Gasteiger partial charge in [-0.05, 0) is 19.9 Å². The van der Waals surface area contributed by atoms with Crippen LogP contribution in [0, 0.1) is 0 Å². The number of carbonyl (C=O) groups excluding carboxylic acids is 1. The van der Waals surface area contributed by atoms with E-state index in [9.17, 15) is 4.79 Å². The van der Waals surface area contributed by atoms with E-state index in [2.05, 4.69) is 21.9 Å². The van der Waals surface area contributed by atoms with Crippen LogP contribution < -0.4 is 0 Å². The predicted octanol–water partition coefficient (Wildman–Crippen LogP) is 1.15. The predicted molar refractivity (Wildman–Crippen MR) is 59.4 cm³/mol. The number of rotatable bonds is 2. The summed E-state index contributed by atoms with van der Waals surface area (Å²) in [5, 5.41) is 0. The van der Waals surface area contributed by atoms with Crippen LogP contribution in [-0.2, 0) is 13.0 Å². The summed E-state index contributed by atoms with van der Waals surface area (Å²) in [5.41, 5.74) is 2.74. The Hall–Kier alpha value is -1.29. The van der Waals surface area contributed by atoms with Gasteiger partial charge < -0.3 is 4.90 Å². The second-order valence-corrected chi connectivity index (χ2v) is 4.77. The molecule has 4 heteroatoms. The number of fused-ring (bicyclic) bond motifs is 1. The molecule has 1 fully saturated rings. The zero-order chi connectivity index (χ0) is 11.1. The Morgan fingerprint density at radius 2 is 2.19 bits per heavy atom. The number of likely N-dealkylation sites (N-methyl/N-ethyl adjacent to an activating group) is 1. The molecule has 0 saturated heterocycles. The van der Waals surface area contributed by atoms with Crippen molar-refractivity contribution in [2.24, 2.45) is 0 Å². The summed E-state index contributed by atoms with van der Waals surface area (Å²) in [5.74, 6) is 1.41. The molecule has 84 valence electrons. The summed E-state index contributed by atoms with van der Waals surface area (Å²) in [4.78, 5) is 22.3. The first-order chi connectivity index (χ1) is 7.78. The highest BCUT2D eigenvalue weighted by Gasteiger charge is 2.29. The number of carbonyl (C=O) groups is 1. The third-order valence-corrected chi connectivity index (χ3v) is 3.35. The third-order valence-electron chi connectivity index (χ3n) is 3.35. The van der Waals surface area contributed by atoms with Crippen LogP contribution in [0.5, 0.6) is 0 Å². The summed E-state index contributed by atoms with van der Waals surface area (Å²) < 4.78 is 0. The molecule has 3 rings (SSSR count). The fraction of sp³-hybridized carbons (Fsp3) is 0.583. The lowest BCUT2D eigenvalue weighted by molar-refractivity contribution is 0.111. The first-order valence-electron chi connectivity index (χ1n) is 5.81. The molecule has 1 aliphatic carbocycles. The van der Waals surface area contributed by atoms with Gasteiger partial charge in [-0.15, -0.1) is 0 Å². The van der Waals surface area contributed by atoms with Gasteiger partial charge in [0.2, 0.25) is 0 Å². The highest BCUT2D eigenvalue weighted by atomic mass is 16.1. The quantitative estimate of drug-likeness (QED) is 0.697. The van der Waals surface area contributed by atoms with Gasteiger partial charge in [0.1, 0.15) is 11.5 Å². The molecule has 0 aromatic carbocycles. The number of hydrogen-bond acceptors (Lipinski definition) is 4. The minimum atomic E-state index is 0.517.